The normalized spacial score (nSPS) is 9.33. The summed E-state index contributed by atoms with van der Waals surface area (Å²) in [6, 6.07) is 8.24. The average Bonchev–Trinajstić information content (AvgIpc) is 2.41. The Kier molecular flexibility index (Phi) is 6.33. The number of carbonyl (C=O) groups is 2. The lowest BCUT2D eigenvalue weighted by Crippen LogP contribution is -2.02. The molecule has 0 radical (unpaired) electrons. The molecule has 1 aromatic carbocycles. The van der Waals surface area contributed by atoms with E-state index >= 15 is 0 Å². The highest BCUT2D eigenvalue weighted by molar-refractivity contribution is 5.71. The van der Waals surface area contributed by atoms with Gasteiger partial charge in [0.2, 0.25) is 5.95 Å². The van der Waals surface area contributed by atoms with Gasteiger partial charge in [0, 0.05) is 12.4 Å². The predicted molar refractivity (Wildman–Crippen MR) is 75.6 cm³/mol. The van der Waals surface area contributed by atoms with E-state index in [1.165, 1.54) is 0 Å². The first-order valence-corrected chi connectivity index (χ1v) is 6.01. The molecule has 0 aliphatic carbocycles. The van der Waals surface area contributed by atoms with E-state index in [0.29, 0.717) is 17.1 Å². The summed E-state index contributed by atoms with van der Waals surface area (Å²) < 4.78 is 0. The van der Waals surface area contributed by atoms with Crippen molar-refractivity contribution in [1.29, 1.82) is 0 Å². The number of carboxylic acids is 2. The van der Waals surface area contributed by atoms with E-state index in [2.05, 4.69) is 9.97 Å². The molecule has 0 amide bonds. The van der Waals surface area contributed by atoms with E-state index in [9.17, 15) is 9.59 Å². The van der Waals surface area contributed by atoms with Crippen molar-refractivity contribution in [1.82, 2.24) is 9.97 Å². The van der Waals surface area contributed by atoms with Gasteiger partial charge in [0.1, 0.15) is 0 Å². The minimum Gasteiger partial charge on any atom is -0.481 e. The minimum absolute atomic E-state index is 0.0344. The van der Waals surface area contributed by atoms with E-state index in [4.69, 9.17) is 15.9 Å². The van der Waals surface area contributed by atoms with Crippen LogP contribution in [0.5, 0.6) is 0 Å². The van der Waals surface area contributed by atoms with Crippen LogP contribution in [0, 0.1) is 0 Å². The first-order valence-electron chi connectivity index (χ1n) is 6.01. The van der Waals surface area contributed by atoms with Crippen LogP contribution >= 0.6 is 0 Å². The number of nitrogen functional groups attached to an aromatic ring is 1. The second-order valence-electron chi connectivity index (χ2n) is 4.06. The molecule has 1 aromatic heterocycles. The fraction of sp³-hybridized carbons (Fsp3) is 0.143. The monoisotopic (exact) mass is 289 g/mol. The molecule has 0 bridgehead atoms. The second kappa shape index (κ2) is 8.26. The average molecular weight is 289 g/mol. The molecule has 110 valence electrons. The third-order valence-corrected chi connectivity index (χ3v) is 2.32. The van der Waals surface area contributed by atoms with Crippen molar-refractivity contribution in [2.75, 3.05) is 5.73 Å². The molecule has 4 N–H and O–H groups in total. The molecule has 0 unspecified atom stereocenters. The number of aromatic nitrogens is 2. The van der Waals surface area contributed by atoms with Crippen LogP contribution in [-0.2, 0) is 22.4 Å². The molecule has 7 heteroatoms. The van der Waals surface area contributed by atoms with Gasteiger partial charge in [0.25, 0.3) is 0 Å². The molecule has 0 aliphatic rings. The molecule has 2 rings (SSSR count). The summed E-state index contributed by atoms with van der Waals surface area (Å²) in [5, 5.41) is 17.0. The van der Waals surface area contributed by atoms with Gasteiger partial charge in [-0.3, -0.25) is 9.59 Å². The van der Waals surface area contributed by atoms with Gasteiger partial charge in [0.05, 0.1) is 12.8 Å². The van der Waals surface area contributed by atoms with Crippen LogP contribution in [0.25, 0.3) is 0 Å². The maximum Gasteiger partial charge on any atom is 0.307 e. The molecule has 0 saturated heterocycles. The van der Waals surface area contributed by atoms with Gasteiger partial charge in [-0.05, 0) is 17.2 Å². The largest absolute Gasteiger partial charge is 0.481 e. The number of nitrogens with two attached hydrogens (primary N) is 1. The number of benzene rings is 1. The Morgan fingerprint density at radius 3 is 1.52 bits per heavy atom. The molecule has 0 saturated carbocycles. The molecule has 7 nitrogen and oxygen atoms in total. The van der Waals surface area contributed by atoms with Crippen molar-refractivity contribution < 1.29 is 19.8 Å². The molecule has 0 fully saturated rings. The summed E-state index contributed by atoms with van der Waals surface area (Å²) in [5.74, 6) is -1.46. The predicted octanol–water partition coefficient (Wildman–Crippen LogP) is 1.000. The molecule has 2 aromatic rings. The Labute approximate surface area is 121 Å². The Hall–Kier alpha value is -2.96. The van der Waals surface area contributed by atoms with Gasteiger partial charge >= 0.3 is 11.9 Å². The highest BCUT2D eigenvalue weighted by atomic mass is 16.4. The van der Waals surface area contributed by atoms with Gasteiger partial charge in [0.15, 0.2) is 0 Å². The van der Waals surface area contributed by atoms with E-state index < -0.39 is 11.9 Å². The summed E-state index contributed by atoms with van der Waals surface area (Å²) in [6.07, 6.45) is 3.13. The standard InChI is InChI=1S/C10H10O4.C4H5N3/c11-9(12)5-7-1-2-8(4-3-7)6-10(13)14;5-4-6-2-1-3-7-4/h1-4H,5-6H2,(H,11,12)(H,13,14);1-3H,(H2,5,6,7). The van der Waals surface area contributed by atoms with Crippen molar-refractivity contribution in [3.8, 4) is 0 Å². The number of carboxylic acid groups (broad SMARTS) is 2. The molecule has 0 atom stereocenters. The first-order chi connectivity index (χ1) is 9.97. The first kappa shape index (κ1) is 16.1. The van der Waals surface area contributed by atoms with Gasteiger partial charge in [-0.25, -0.2) is 9.97 Å². The summed E-state index contributed by atoms with van der Waals surface area (Å²) in [7, 11) is 0. The highest BCUT2D eigenvalue weighted by Gasteiger charge is 2.02. The van der Waals surface area contributed by atoms with Crippen LogP contribution in [0.1, 0.15) is 11.1 Å². The summed E-state index contributed by atoms with van der Waals surface area (Å²) in [4.78, 5) is 28.0. The zero-order valence-corrected chi connectivity index (χ0v) is 11.1. The van der Waals surface area contributed by atoms with Crippen LogP contribution in [0.4, 0.5) is 5.95 Å². The molecular weight excluding hydrogens is 274 g/mol. The van der Waals surface area contributed by atoms with Crippen LogP contribution in [0.2, 0.25) is 0 Å². The molecule has 0 aliphatic heterocycles. The van der Waals surface area contributed by atoms with Crippen molar-refractivity contribution in [3.05, 3.63) is 53.9 Å². The van der Waals surface area contributed by atoms with Gasteiger partial charge in [-0.1, -0.05) is 24.3 Å². The lowest BCUT2D eigenvalue weighted by Gasteiger charge is -1.99. The zero-order chi connectivity index (χ0) is 15.7. The third kappa shape index (κ3) is 7.26. The topological polar surface area (TPSA) is 126 Å². The molecule has 1 heterocycles. The minimum atomic E-state index is -0.893. The van der Waals surface area contributed by atoms with Gasteiger partial charge in [-0.15, -0.1) is 0 Å². The van der Waals surface area contributed by atoms with Gasteiger partial charge < -0.3 is 15.9 Å². The van der Waals surface area contributed by atoms with E-state index in [-0.39, 0.29) is 12.8 Å². The molecule has 21 heavy (non-hydrogen) atoms. The van der Waals surface area contributed by atoms with Crippen molar-refractivity contribution in [3.63, 3.8) is 0 Å². The zero-order valence-electron chi connectivity index (χ0n) is 11.1. The molecular formula is C14H15N3O4. The summed E-state index contributed by atoms with van der Waals surface area (Å²) in [5.41, 5.74) is 6.48. The maximum absolute atomic E-state index is 10.3. The lowest BCUT2D eigenvalue weighted by atomic mass is 10.1. The van der Waals surface area contributed by atoms with E-state index in [1.54, 1.807) is 42.7 Å². The maximum atomic E-state index is 10.3. The number of rotatable bonds is 4. The fourth-order valence-corrected chi connectivity index (χ4v) is 1.43. The van der Waals surface area contributed by atoms with Crippen molar-refractivity contribution in [2.45, 2.75) is 12.8 Å². The highest BCUT2D eigenvalue weighted by Crippen LogP contribution is 2.05. The third-order valence-electron chi connectivity index (χ3n) is 2.32. The van der Waals surface area contributed by atoms with E-state index in [1.807, 2.05) is 0 Å². The Morgan fingerprint density at radius 1 is 0.905 bits per heavy atom. The van der Waals surface area contributed by atoms with Crippen LogP contribution < -0.4 is 5.73 Å². The SMILES string of the molecule is Nc1ncccn1.O=C(O)Cc1ccc(CC(=O)O)cc1. The van der Waals surface area contributed by atoms with Crippen LogP contribution in [-0.4, -0.2) is 32.1 Å². The Balaban J connectivity index is 0.000000262. The van der Waals surface area contributed by atoms with Crippen LogP contribution in [0.3, 0.4) is 0 Å². The fourth-order valence-electron chi connectivity index (χ4n) is 1.43. The van der Waals surface area contributed by atoms with E-state index in [0.717, 1.165) is 0 Å². The Morgan fingerprint density at radius 2 is 1.29 bits per heavy atom. The quantitative estimate of drug-likeness (QED) is 0.766. The lowest BCUT2D eigenvalue weighted by molar-refractivity contribution is -0.137. The molecule has 0 spiro atoms. The van der Waals surface area contributed by atoms with Crippen molar-refractivity contribution in [2.24, 2.45) is 0 Å². The number of anilines is 1. The van der Waals surface area contributed by atoms with Gasteiger partial charge in [-0.2, -0.15) is 0 Å². The number of aliphatic carboxylic acids is 2. The second-order valence-corrected chi connectivity index (χ2v) is 4.06. The van der Waals surface area contributed by atoms with Crippen molar-refractivity contribution >= 4 is 17.9 Å². The number of hydrogen-bond acceptors (Lipinski definition) is 5. The Bertz CT molecular complexity index is 550. The summed E-state index contributed by atoms with van der Waals surface area (Å²) >= 11 is 0. The number of nitrogens with zero attached hydrogens (tertiary/aromatic N) is 2. The van der Waals surface area contributed by atoms with Crippen LogP contribution in [0.15, 0.2) is 42.7 Å². The smallest absolute Gasteiger partial charge is 0.307 e. The summed E-state index contributed by atoms with van der Waals surface area (Å²) in [6.45, 7) is 0. The number of hydrogen-bond donors (Lipinski definition) is 3.